The van der Waals surface area contributed by atoms with E-state index in [-0.39, 0.29) is 10.6 Å². The zero-order valence-corrected chi connectivity index (χ0v) is 19.9. The Bertz CT molecular complexity index is 535. The second-order valence-electron chi connectivity index (χ2n) is 10.1. The molecule has 0 aromatic rings. The normalized spacial score (nSPS) is 24.7. The first-order valence-electron chi connectivity index (χ1n) is 10.5. The molecular weight excluding hydrogens is 332 g/mol. The molecule has 26 heavy (non-hydrogen) atoms. The fraction of sp³-hybridized carbons (Fsp3) is 0.750. The lowest BCUT2D eigenvalue weighted by Crippen LogP contribution is -2.52. The van der Waals surface area contributed by atoms with Crippen LogP contribution >= 0.6 is 0 Å². The zero-order valence-electron chi connectivity index (χ0n) is 18.9. The van der Waals surface area contributed by atoms with E-state index in [1.54, 1.807) is 5.57 Å². The molecule has 0 saturated heterocycles. The molecule has 0 heterocycles. The van der Waals surface area contributed by atoms with Crippen molar-refractivity contribution in [3.05, 3.63) is 36.0 Å². The SMILES string of the molecule is C=CCCCC1(O[Si](C)(C)C(C)(C)C)CCC(C)C(CCC(=C)C)=C1C. The van der Waals surface area contributed by atoms with Crippen molar-refractivity contribution in [3.63, 3.8) is 0 Å². The summed E-state index contributed by atoms with van der Waals surface area (Å²) in [5, 5.41) is 0.236. The van der Waals surface area contributed by atoms with Crippen LogP contribution in [0.4, 0.5) is 0 Å². The number of hydrogen-bond acceptors (Lipinski definition) is 1. The molecule has 2 unspecified atom stereocenters. The molecule has 0 bridgehead atoms. The van der Waals surface area contributed by atoms with Crippen molar-refractivity contribution in [1.29, 1.82) is 0 Å². The Hall–Kier alpha value is -0.603. The molecule has 1 rings (SSSR count). The van der Waals surface area contributed by atoms with Crippen LogP contribution in [0.25, 0.3) is 0 Å². The first-order chi connectivity index (χ1) is 11.9. The molecule has 2 heteroatoms. The maximum absolute atomic E-state index is 7.20. The van der Waals surface area contributed by atoms with Crippen LogP contribution in [-0.4, -0.2) is 13.9 Å². The summed E-state index contributed by atoms with van der Waals surface area (Å²) in [6.07, 6.45) is 10.1. The molecule has 0 saturated carbocycles. The highest BCUT2D eigenvalue weighted by Crippen LogP contribution is 2.49. The molecule has 1 aliphatic carbocycles. The summed E-state index contributed by atoms with van der Waals surface area (Å²) < 4.78 is 7.20. The van der Waals surface area contributed by atoms with Crippen LogP contribution in [0.1, 0.15) is 86.5 Å². The van der Waals surface area contributed by atoms with Crippen molar-refractivity contribution in [2.45, 2.75) is 110 Å². The van der Waals surface area contributed by atoms with Gasteiger partial charge in [-0.15, -0.1) is 13.2 Å². The molecule has 0 aliphatic heterocycles. The summed E-state index contributed by atoms with van der Waals surface area (Å²) in [5.74, 6) is 0.671. The van der Waals surface area contributed by atoms with E-state index in [0.29, 0.717) is 5.92 Å². The van der Waals surface area contributed by atoms with Crippen LogP contribution in [0.5, 0.6) is 0 Å². The lowest BCUT2D eigenvalue weighted by Gasteiger charge is -2.50. The van der Waals surface area contributed by atoms with Crippen molar-refractivity contribution < 1.29 is 4.43 Å². The monoisotopic (exact) mass is 376 g/mol. The topological polar surface area (TPSA) is 9.23 Å². The Morgan fingerprint density at radius 2 is 1.96 bits per heavy atom. The molecule has 1 aliphatic rings. The molecule has 0 aromatic carbocycles. The molecule has 0 N–H and O–H groups in total. The molecule has 0 aromatic heterocycles. The fourth-order valence-corrected chi connectivity index (χ4v) is 5.56. The van der Waals surface area contributed by atoms with Crippen LogP contribution in [0.2, 0.25) is 18.1 Å². The predicted octanol–water partition coefficient (Wildman–Crippen LogP) is 8.21. The van der Waals surface area contributed by atoms with Crippen molar-refractivity contribution >= 4 is 8.32 Å². The second kappa shape index (κ2) is 9.06. The minimum Gasteiger partial charge on any atom is -0.408 e. The minimum atomic E-state index is -1.84. The Kier molecular flexibility index (Phi) is 8.17. The number of rotatable bonds is 9. The standard InChI is InChI=1S/C24H44OSi/c1-11-12-13-17-24(25-26(9,10)23(6,7)8)18-16-20(4)22(21(24)5)15-14-19(2)3/h11,20H,1-2,12-18H2,3-10H3. The Morgan fingerprint density at radius 1 is 1.35 bits per heavy atom. The molecule has 2 atom stereocenters. The average molecular weight is 377 g/mol. The summed E-state index contributed by atoms with van der Waals surface area (Å²) in [6.45, 7) is 26.8. The van der Waals surface area contributed by atoms with Gasteiger partial charge in [0.25, 0.3) is 0 Å². The minimum absolute atomic E-state index is 0.0665. The van der Waals surface area contributed by atoms with Gasteiger partial charge in [0.2, 0.25) is 0 Å². The van der Waals surface area contributed by atoms with E-state index in [1.165, 1.54) is 24.0 Å². The van der Waals surface area contributed by atoms with E-state index < -0.39 is 8.32 Å². The number of unbranched alkanes of at least 4 members (excludes halogenated alkanes) is 1. The quantitative estimate of drug-likeness (QED) is 0.224. The number of allylic oxidation sites excluding steroid dienone is 3. The van der Waals surface area contributed by atoms with Gasteiger partial charge in [0.1, 0.15) is 0 Å². The third-order valence-electron chi connectivity index (χ3n) is 6.81. The van der Waals surface area contributed by atoms with Gasteiger partial charge in [0.15, 0.2) is 8.32 Å². The van der Waals surface area contributed by atoms with E-state index >= 15 is 0 Å². The maximum Gasteiger partial charge on any atom is 0.193 e. The van der Waals surface area contributed by atoms with Gasteiger partial charge in [-0.3, -0.25) is 0 Å². The van der Waals surface area contributed by atoms with E-state index in [2.05, 4.69) is 67.8 Å². The first kappa shape index (κ1) is 23.4. The largest absolute Gasteiger partial charge is 0.408 e. The van der Waals surface area contributed by atoms with Gasteiger partial charge in [-0.1, -0.05) is 44.9 Å². The van der Waals surface area contributed by atoms with Gasteiger partial charge < -0.3 is 4.43 Å². The van der Waals surface area contributed by atoms with Gasteiger partial charge in [0, 0.05) is 0 Å². The van der Waals surface area contributed by atoms with E-state index in [9.17, 15) is 0 Å². The summed E-state index contributed by atoms with van der Waals surface area (Å²) in [4.78, 5) is 0. The highest BCUT2D eigenvalue weighted by atomic mass is 28.4. The Morgan fingerprint density at radius 3 is 2.46 bits per heavy atom. The summed E-state index contributed by atoms with van der Waals surface area (Å²) in [7, 11) is -1.84. The van der Waals surface area contributed by atoms with Gasteiger partial charge in [-0.2, -0.15) is 0 Å². The van der Waals surface area contributed by atoms with Gasteiger partial charge in [-0.25, -0.2) is 0 Å². The average Bonchev–Trinajstić information content (AvgIpc) is 2.49. The van der Waals surface area contributed by atoms with Crippen LogP contribution in [0.3, 0.4) is 0 Å². The zero-order chi connectivity index (χ0) is 20.2. The molecule has 0 fully saturated rings. The van der Waals surface area contributed by atoms with E-state index in [1.807, 2.05) is 6.08 Å². The van der Waals surface area contributed by atoms with Crippen molar-refractivity contribution in [3.8, 4) is 0 Å². The van der Waals surface area contributed by atoms with E-state index in [4.69, 9.17) is 4.43 Å². The van der Waals surface area contributed by atoms with Crippen molar-refractivity contribution in [2.24, 2.45) is 5.92 Å². The molecule has 0 spiro atoms. The third kappa shape index (κ3) is 5.69. The van der Waals surface area contributed by atoms with E-state index in [0.717, 1.165) is 32.1 Å². The Labute approximate surface area is 165 Å². The molecular formula is C24H44OSi. The first-order valence-corrected chi connectivity index (χ1v) is 13.4. The Balaban J connectivity index is 3.29. The van der Waals surface area contributed by atoms with Crippen molar-refractivity contribution in [1.82, 2.24) is 0 Å². The lowest BCUT2D eigenvalue weighted by molar-refractivity contribution is 0.0543. The number of hydrogen-bond donors (Lipinski definition) is 0. The summed E-state index contributed by atoms with van der Waals surface area (Å²) in [6, 6.07) is 0. The summed E-state index contributed by atoms with van der Waals surface area (Å²) in [5.41, 5.74) is 4.39. The second-order valence-corrected chi connectivity index (χ2v) is 14.8. The summed E-state index contributed by atoms with van der Waals surface area (Å²) >= 11 is 0. The smallest absolute Gasteiger partial charge is 0.193 e. The highest BCUT2D eigenvalue weighted by molar-refractivity contribution is 6.74. The van der Waals surface area contributed by atoms with Gasteiger partial charge in [-0.05, 0) is 88.4 Å². The van der Waals surface area contributed by atoms with Gasteiger partial charge in [0.05, 0.1) is 5.60 Å². The van der Waals surface area contributed by atoms with Crippen molar-refractivity contribution in [2.75, 3.05) is 0 Å². The molecule has 0 radical (unpaired) electrons. The molecule has 150 valence electrons. The highest BCUT2D eigenvalue weighted by Gasteiger charge is 2.47. The van der Waals surface area contributed by atoms with Crippen LogP contribution in [0.15, 0.2) is 36.0 Å². The maximum atomic E-state index is 7.20. The molecule has 1 nitrogen and oxygen atoms in total. The molecule has 0 amide bonds. The van der Waals surface area contributed by atoms with Crippen LogP contribution < -0.4 is 0 Å². The van der Waals surface area contributed by atoms with Gasteiger partial charge >= 0.3 is 0 Å². The third-order valence-corrected chi connectivity index (χ3v) is 11.3. The van der Waals surface area contributed by atoms with Crippen LogP contribution in [0, 0.1) is 5.92 Å². The lowest BCUT2D eigenvalue weighted by atomic mass is 9.71. The van der Waals surface area contributed by atoms with Crippen LogP contribution in [-0.2, 0) is 4.43 Å². The fourth-order valence-electron chi connectivity index (χ4n) is 3.92. The predicted molar refractivity (Wildman–Crippen MR) is 120 cm³/mol.